The van der Waals surface area contributed by atoms with Gasteiger partial charge in [-0.1, -0.05) is 23.7 Å². The fourth-order valence-corrected chi connectivity index (χ4v) is 2.21. The van der Waals surface area contributed by atoms with E-state index < -0.39 is 0 Å². The molecule has 1 atom stereocenters. The van der Waals surface area contributed by atoms with E-state index >= 15 is 0 Å². The van der Waals surface area contributed by atoms with E-state index in [4.69, 9.17) is 11.6 Å². The zero-order valence-corrected chi connectivity index (χ0v) is 10.7. The summed E-state index contributed by atoms with van der Waals surface area (Å²) in [7, 11) is 0. The van der Waals surface area contributed by atoms with Crippen molar-refractivity contribution < 1.29 is 5.11 Å². The number of rotatable bonds is 5. The molecule has 1 heterocycles. The van der Waals surface area contributed by atoms with E-state index in [1.165, 1.54) is 0 Å². The van der Waals surface area contributed by atoms with Crippen molar-refractivity contribution in [2.45, 2.75) is 12.6 Å². The lowest BCUT2D eigenvalue weighted by atomic mass is 10.1. The molecule has 2 rings (SSSR count). The Hall–Kier alpha value is -0.940. The van der Waals surface area contributed by atoms with Crippen LogP contribution in [0.25, 0.3) is 0 Å². The summed E-state index contributed by atoms with van der Waals surface area (Å²) >= 11 is 7.43. The molecule has 17 heavy (non-hydrogen) atoms. The molecule has 0 aliphatic rings. The molecular formula is C12H13ClN2OS. The van der Waals surface area contributed by atoms with Crippen LogP contribution < -0.4 is 5.32 Å². The Morgan fingerprint density at radius 3 is 2.71 bits per heavy atom. The van der Waals surface area contributed by atoms with Crippen molar-refractivity contribution in [3.05, 3.63) is 51.4 Å². The smallest absolute Gasteiger partial charge is 0.0794 e. The van der Waals surface area contributed by atoms with Gasteiger partial charge in [0.25, 0.3) is 0 Å². The Balaban J connectivity index is 1.99. The van der Waals surface area contributed by atoms with Gasteiger partial charge in [-0.15, -0.1) is 11.3 Å². The van der Waals surface area contributed by atoms with Gasteiger partial charge in [-0.05, 0) is 17.7 Å². The Morgan fingerprint density at radius 1 is 1.35 bits per heavy atom. The highest BCUT2D eigenvalue weighted by Crippen LogP contribution is 2.17. The fraction of sp³-hybridized carbons (Fsp3) is 0.250. The zero-order chi connectivity index (χ0) is 12.1. The number of nitrogens with zero attached hydrogens (tertiary/aromatic N) is 1. The van der Waals surface area contributed by atoms with E-state index in [0.29, 0.717) is 11.6 Å². The second kappa shape index (κ2) is 6.12. The maximum atomic E-state index is 9.37. The molecule has 3 nitrogen and oxygen atoms in total. The van der Waals surface area contributed by atoms with Crippen LogP contribution in [0, 0.1) is 0 Å². The maximum Gasteiger partial charge on any atom is 0.0794 e. The van der Waals surface area contributed by atoms with Gasteiger partial charge in [0.2, 0.25) is 0 Å². The number of aromatic nitrogens is 1. The highest BCUT2D eigenvalue weighted by atomic mass is 35.5. The summed E-state index contributed by atoms with van der Waals surface area (Å²) in [6.45, 7) is 0.763. The number of halogens is 1. The van der Waals surface area contributed by atoms with Crippen LogP contribution >= 0.6 is 22.9 Å². The minimum atomic E-state index is -0.0747. The monoisotopic (exact) mass is 268 g/mol. The molecule has 5 heteroatoms. The summed E-state index contributed by atoms with van der Waals surface area (Å²) in [5, 5.41) is 13.4. The molecule has 0 amide bonds. The summed E-state index contributed by atoms with van der Waals surface area (Å²) in [4.78, 5) is 5.16. The summed E-state index contributed by atoms with van der Waals surface area (Å²) < 4.78 is 0. The van der Waals surface area contributed by atoms with Gasteiger partial charge in [-0.25, -0.2) is 0 Å². The normalized spacial score (nSPS) is 12.6. The number of aliphatic hydroxyl groups excluding tert-OH is 1. The quantitative estimate of drug-likeness (QED) is 0.876. The van der Waals surface area contributed by atoms with Crippen molar-refractivity contribution in [1.82, 2.24) is 10.3 Å². The van der Waals surface area contributed by atoms with Gasteiger partial charge in [0.05, 0.1) is 18.2 Å². The molecule has 0 bridgehead atoms. The minimum absolute atomic E-state index is 0.0560. The summed E-state index contributed by atoms with van der Waals surface area (Å²) in [5.41, 5.74) is 2.83. The van der Waals surface area contributed by atoms with Crippen LogP contribution in [0.4, 0.5) is 0 Å². The predicted molar refractivity (Wildman–Crippen MR) is 70.2 cm³/mol. The van der Waals surface area contributed by atoms with E-state index in [1.807, 2.05) is 30.5 Å². The first kappa shape index (κ1) is 12.5. The van der Waals surface area contributed by atoms with Crippen LogP contribution in [0.3, 0.4) is 0 Å². The van der Waals surface area contributed by atoms with Gasteiger partial charge in [0.15, 0.2) is 0 Å². The van der Waals surface area contributed by atoms with E-state index in [0.717, 1.165) is 10.4 Å². The second-order valence-corrected chi connectivity index (χ2v) is 5.04. The van der Waals surface area contributed by atoms with Gasteiger partial charge in [0.1, 0.15) is 0 Å². The third-order valence-electron chi connectivity index (χ3n) is 2.46. The van der Waals surface area contributed by atoms with Gasteiger partial charge >= 0.3 is 0 Å². The number of benzene rings is 1. The van der Waals surface area contributed by atoms with Crippen molar-refractivity contribution in [2.75, 3.05) is 6.61 Å². The van der Waals surface area contributed by atoms with Crippen molar-refractivity contribution in [2.24, 2.45) is 0 Å². The third-order valence-corrected chi connectivity index (χ3v) is 3.49. The first-order chi connectivity index (χ1) is 8.29. The number of thiazole rings is 1. The van der Waals surface area contributed by atoms with Crippen molar-refractivity contribution in [1.29, 1.82) is 0 Å². The Morgan fingerprint density at radius 2 is 2.12 bits per heavy atom. The van der Waals surface area contributed by atoms with Crippen LogP contribution in [-0.2, 0) is 6.54 Å². The number of nitrogens with one attached hydrogen (secondary N) is 1. The molecule has 1 aromatic carbocycles. The van der Waals surface area contributed by atoms with E-state index in [-0.39, 0.29) is 12.6 Å². The molecule has 90 valence electrons. The summed E-state index contributed by atoms with van der Waals surface area (Å²) in [5.74, 6) is 0. The van der Waals surface area contributed by atoms with Crippen LogP contribution in [0.15, 0.2) is 36.0 Å². The fourth-order valence-electron chi connectivity index (χ4n) is 1.54. The largest absolute Gasteiger partial charge is 0.394 e. The molecule has 0 radical (unpaired) electrons. The van der Waals surface area contributed by atoms with Gasteiger partial charge in [-0.2, -0.15) is 0 Å². The molecule has 2 aromatic rings. The van der Waals surface area contributed by atoms with Crippen molar-refractivity contribution in [3.63, 3.8) is 0 Å². The summed E-state index contributed by atoms with van der Waals surface area (Å²) in [6.07, 6.45) is 1.83. The van der Waals surface area contributed by atoms with Gasteiger partial charge in [-0.3, -0.25) is 4.98 Å². The average Bonchev–Trinajstić information content (AvgIpc) is 2.85. The van der Waals surface area contributed by atoms with Crippen molar-refractivity contribution in [3.8, 4) is 0 Å². The lowest BCUT2D eigenvalue weighted by Crippen LogP contribution is -2.23. The molecule has 1 aromatic heterocycles. The molecule has 0 aliphatic heterocycles. The lowest BCUT2D eigenvalue weighted by Gasteiger charge is -2.16. The topological polar surface area (TPSA) is 45.1 Å². The molecule has 2 N–H and O–H groups in total. The van der Waals surface area contributed by atoms with Crippen LogP contribution in [0.2, 0.25) is 5.02 Å². The number of aliphatic hydroxyl groups is 1. The second-order valence-electron chi connectivity index (χ2n) is 3.64. The van der Waals surface area contributed by atoms with Crippen LogP contribution in [0.1, 0.15) is 16.5 Å². The molecule has 0 fully saturated rings. The standard InChI is InChI=1S/C12H13ClN2OS/c13-10-3-1-9(2-4-10)12(7-16)15-6-11-5-14-8-17-11/h1-5,8,12,15-16H,6-7H2. The predicted octanol–water partition coefficient (Wildman–Crippen LogP) is 2.62. The molecule has 0 saturated heterocycles. The first-order valence-corrected chi connectivity index (χ1v) is 6.52. The average molecular weight is 269 g/mol. The Kier molecular flexibility index (Phi) is 4.50. The number of hydrogen-bond donors (Lipinski definition) is 2. The molecule has 0 aliphatic carbocycles. The highest BCUT2D eigenvalue weighted by Gasteiger charge is 2.09. The van der Waals surface area contributed by atoms with Gasteiger partial charge in [0, 0.05) is 22.6 Å². The lowest BCUT2D eigenvalue weighted by molar-refractivity contribution is 0.244. The molecule has 0 spiro atoms. The Labute approximate surface area is 109 Å². The zero-order valence-electron chi connectivity index (χ0n) is 9.14. The Bertz CT molecular complexity index is 444. The SMILES string of the molecule is OCC(NCc1cncs1)c1ccc(Cl)cc1. The molecule has 0 saturated carbocycles. The third kappa shape index (κ3) is 3.51. The number of hydrogen-bond acceptors (Lipinski definition) is 4. The van der Waals surface area contributed by atoms with Crippen LogP contribution in [-0.4, -0.2) is 16.7 Å². The van der Waals surface area contributed by atoms with E-state index in [9.17, 15) is 5.11 Å². The molecule has 1 unspecified atom stereocenters. The minimum Gasteiger partial charge on any atom is -0.394 e. The van der Waals surface area contributed by atoms with E-state index in [2.05, 4.69) is 10.3 Å². The summed E-state index contributed by atoms with van der Waals surface area (Å²) in [6, 6.07) is 7.42. The van der Waals surface area contributed by atoms with Crippen molar-refractivity contribution >= 4 is 22.9 Å². The maximum absolute atomic E-state index is 9.37. The van der Waals surface area contributed by atoms with E-state index in [1.54, 1.807) is 16.8 Å². The highest BCUT2D eigenvalue weighted by molar-refractivity contribution is 7.09. The molecular weight excluding hydrogens is 256 g/mol. The first-order valence-electron chi connectivity index (χ1n) is 5.26. The van der Waals surface area contributed by atoms with Crippen LogP contribution in [0.5, 0.6) is 0 Å². The van der Waals surface area contributed by atoms with Gasteiger partial charge < -0.3 is 10.4 Å².